The number of rotatable bonds is 10. The van der Waals surface area contributed by atoms with E-state index in [2.05, 4.69) is 254 Å². The lowest BCUT2D eigenvalue weighted by Crippen LogP contribution is -2.09. The first-order valence-corrected chi connectivity index (χ1v) is 22.2. The highest BCUT2D eigenvalue weighted by Crippen LogP contribution is 2.39. The summed E-state index contributed by atoms with van der Waals surface area (Å²) in [7, 11) is 0. The van der Waals surface area contributed by atoms with Crippen LogP contribution in [0.2, 0.25) is 0 Å². The molecular formula is C63H45NO. The molecule has 0 aliphatic rings. The van der Waals surface area contributed by atoms with Crippen LogP contribution in [0.25, 0.3) is 89.1 Å². The highest BCUT2D eigenvalue weighted by molar-refractivity contribution is 5.89. The molecule has 308 valence electrons. The molecule has 0 saturated heterocycles. The lowest BCUT2D eigenvalue weighted by molar-refractivity contribution is 0.629. The van der Waals surface area contributed by atoms with Gasteiger partial charge in [0.25, 0.3) is 0 Å². The number of hydrogen-bond acceptors (Lipinski definition) is 2. The van der Waals surface area contributed by atoms with E-state index in [1.165, 1.54) is 61.2 Å². The molecule has 11 rings (SSSR count). The zero-order valence-electron chi connectivity index (χ0n) is 36.1. The van der Waals surface area contributed by atoms with Crippen molar-refractivity contribution in [2.75, 3.05) is 4.90 Å². The molecule has 0 aliphatic heterocycles. The van der Waals surface area contributed by atoms with Gasteiger partial charge in [0.05, 0.1) is 0 Å². The summed E-state index contributed by atoms with van der Waals surface area (Å²) in [4.78, 5) is 2.34. The van der Waals surface area contributed by atoms with Gasteiger partial charge in [0.15, 0.2) is 0 Å². The quantitative estimate of drug-likeness (QED) is 0.136. The summed E-state index contributed by atoms with van der Waals surface area (Å²) in [5.74, 6) is 0.924. The van der Waals surface area contributed by atoms with Crippen LogP contribution in [-0.2, 0) is 0 Å². The van der Waals surface area contributed by atoms with Gasteiger partial charge in [0, 0.05) is 33.6 Å². The Morgan fingerprint density at radius 2 is 0.554 bits per heavy atom. The Morgan fingerprint density at radius 1 is 0.262 bits per heavy atom. The molecule has 11 aromatic rings. The summed E-state index contributed by atoms with van der Waals surface area (Å²) in [5, 5.41) is 1.16. The molecule has 0 atom stereocenters. The maximum atomic E-state index is 6.31. The number of fused-ring (bicyclic) bond motifs is 1. The highest BCUT2D eigenvalue weighted by atomic mass is 16.3. The minimum atomic E-state index is 0.918. The largest absolute Gasteiger partial charge is 0.456 e. The SMILES string of the molecule is Cc1c(-c2cccc(-c3ccc(-c4ccc(N(c5ccc(-c6ccc(-c7ccccc7)cc6)cc5)c5ccc(-c6ccc(-c7ccccc7)cc6)cc5)cc4)cc3)c2)oc2ccccc12. The molecule has 0 aliphatic carbocycles. The Balaban J connectivity index is 0.875. The minimum Gasteiger partial charge on any atom is -0.456 e. The van der Waals surface area contributed by atoms with Crippen LogP contribution in [0.4, 0.5) is 17.1 Å². The second kappa shape index (κ2) is 17.4. The number of aryl methyl sites for hydroxylation is 1. The van der Waals surface area contributed by atoms with Gasteiger partial charge >= 0.3 is 0 Å². The second-order valence-corrected chi connectivity index (χ2v) is 16.6. The molecule has 2 heteroatoms. The van der Waals surface area contributed by atoms with Crippen LogP contribution in [0.5, 0.6) is 0 Å². The fourth-order valence-corrected chi connectivity index (χ4v) is 8.97. The minimum absolute atomic E-state index is 0.918. The van der Waals surface area contributed by atoms with E-state index in [1.807, 2.05) is 12.1 Å². The fourth-order valence-electron chi connectivity index (χ4n) is 8.97. The molecule has 0 amide bonds. The van der Waals surface area contributed by atoms with E-state index in [1.54, 1.807) is 0 Å². The van der Waals surface area contributed by atoms with Crippen molar-refractivity contribution >= 4 is 28.0 Å². The van der Waals surface area contributed by atoms with Crippen molar-refractivity contribution in [2.45, 2.75) is 6.92 Å². The second-order valence-electron chi connectivity index (χ2n) is 16.6. The first-order chi connectivity index (χ1) is 32.1. The van der Waals surface area contributed by atoms with Crippen LogP contribution in [0.15, 0.2) is 259 Å². The van der Waals surface area contributed by atoms with Gasteiger partial charge < -0.3 is 9.32 Å². The molecule has 0 bridgehead atoms. The Kier molecular flexibility index (Phi) is 10.5. The number of hydrogen-bond donors (Lipinski definition) is 0. The first-order valence-electron chi connectivity index (χ1n) is 22.2. The topological polar surface area (TPSA) is 16.4 Å². The smallest absolute Gasteiger partial charge is 0.138 e. The van der Waals surface area contributed by atoms with Gasteiger partial charge in [-0.25, -0.2) is 0 Å². The molecule has 2 nitrogen and oxygen atoms in total. The predicted molar refractivity (Wildman–Crippen MR) is 274 cm³/mol. The lowest BCUT2D eigenvalue weighted by atomic mass is 9.97. The maximum absolute atomic E-state index is 6.31. The molecule has 0 unspecified atom stereocenters. The van der Waals surface area contributed by atoms with Crippen LogP contribution in [-0.4, -0.2) is 0 Å². The standard InChI is InChI=1S/C63H45NO/c1-44-61-17-8-9-18-62(61)65-63(44)57-16-10-15-56(43-57)55-29-27-51(28-30-55)54-35-41-60(42-36-54)64(58-37-31-52(32-38-58)49-23-19-47(20-24-49)45-11-4-2-5-12-45)59-39-33-53(34-40-59)50-25-21-48(22-26-50)46-13-6-3-7-14-46/h2-43H,1H3. The molecular weight excluding hydrogens is 787 g/mol. The average molecular weight is 832 g/mol. The van der Waals surface area contributed by atoms with Crippen molar-refractivity contribution in [3.63, 3.8) is 0 Å². The van der Waals surface area contributed by atoms with E-state index in [9.17, 15) is 0 Å². The summed E-state index contributed by atoms with van der Waals surface area (Å²) < 4.78 is 6.31. The van der Waals surface area contributed by atoms with Gasteiger partial charge in [-0.2, -0.15) is 0 Å². The van der Waals surface area contributed by atoms with Crippen molar-refractivity contribution < 1.29 is 4.42 Å². The average Bonchev–Trinajstić information content (AvgIpc) is 3.73. The van der Waals surface area contributed by atoms with E-state index in [4.69, 9.17) is 4.42 Å². The third-order valence-electron chi connectivity index (χ3n) is 12.5. The lowest BCUT2D eigenvalue weighted by Gasteiger charge is -2.26. The molecule has 0 fully saturated rings. The number of furan rings is 1. The van der Waals surface area contributed by atoms with Gasteiger partial charge in [-0.05, 0) is 122 Å². The van der Waals surface area contributed by atoms with Gasteiger partial charge in [-0.3, -0.25) is 0 Å². The Morgan fingerprint density at radius 3 is 0.938 bits per heavy atom. The van der Waals surface area contributed by atoms with Crippen molar-refractivity contribution in [2.24, 2.45) is 0 Å². The zero-order valence-corrected chi connectivity index (χ0v) is 36.1. The Hall–Kier alpha value is -8.46. The van der Waals surface area contributed by atoms with Crippen LogP contribution in [0, 0.1) is 6.92 Å². The third-order valence-corrected chi connectivity index (χ3v) is 12.5. The van der Waals surface area contributed by atoms with Gasteiger partial charge in [-0.15, -0.1) is 0 Å². The van der Waals surface area contributed by atoms with Crippen molar-refractivity contribution in [3.8, 4) is 78.1 Å². The first kappa shape index (κ1) is 39.4. The third kappa shape index (κ3) is 8.06. The monoisotopic (exact) mass is 831 g/mol. The van der Waals surface area contributed by atoms with E-state index < -0.39 is 0 Å². The number of anilines is 3. The Bertz CT molecular complexity index is 3220. The molecule has 65 heavy (non-hydrogen) atoms. The maximum Gasteiger partial charge on any atom is 0.138 e. The molecule has 0 N–H and O–H groups in total. The molecule has 10 aromatic carbocycles. The van der Waals surface area contributed by atoms with E-state index in [-0.39, 0.29) is 0 Å². The summed E-state index contributed by atoms with van der Waals surface area (Å²) in [6, 6.07) is 91.3. The van der Waals surface area contributed by atoms with Gasteiger partial charge in [0.2, 0.25) is 0 Å². The molecule has 0 radical (unpaired) electrons. The van der Waals surface area contributed by atoms with Crippen molar-refractivity contribution in [1.29, 1.82) is 0 Å². The van der Waals surface area contributed by atoms with Gasteiger partial charge in [0.1, 0.15) is 11.3 Å². The number of nitrogens with zero attached hydrogens (tertiary/aromatic N) is 1. The van der Waals surface area contributed by atoms with E-state index >= 15 is 0 Å². The summed E-state index contributed by atoms with van der Waals surface area (Å²) in [6.45, 7) is 2.14. The molecule has 0 saturated carbocycles. The molecule has 1 heterocycles. The normalized spacial score (nSPS) is 11.2. The predicted octanol–water partition coefficient (Wildman–Crippen LogP) is 17.9. The van der Waals surface area contributed by atoms with Crippen molar-refractivity contribution in [1.82, 2.24) is 0 Å². The van der Waals surface area contributed by atoms with E-state index in [0.29, 0.717) is 0 Å². The number of para-hydroxylation sites is 1. The van der Waals surface area contributed by atoms with Crippen molar-refractivity contribution in [3.05, 3.63) is 260 Å². The summed E-state index contributed by atoms with van der Waals surface area (Å²) in [6.07, 6.45) is 0. The van der Waals surface area contributed by atoms with Crippen LogP contribution >= 0.6 is 0 Å². The number of benzene rings is 10. The van der Waals surface area contributed by atoms with Crippen LogP contribution < -0.4 is 4.90 Å². The van der Waals surface area contributed by atoms with Crippen LogP contribution in [0.3, 0.4) is 0 Å². The summed E-state index contributed by atoms with van der Waals surface area (Å²) >= 11 is 0. The van der Waals surface area contributed by atoms with E-state index in [0.717, 1.165) is 50.5 Å². The Labute approximate surface area is 381 Å². The zero-order chi connectivity index (χ0) is 43.5. The van der Waals surface area contributed by atoms with Gasteiger partial charge in [-0.1, -0.05) is 206 Å². The fraction of sp³-hybridized carbons (Fsp3) is 0.0159. The highest BCUT2D eigenvalue weighted by Gasteiger charge is 2.16. The summed E-state index contributed by atoms with van der Waals surface area (Å²) in [5.41, 5.74) is 20.7. The van der Waals surface area contributed by atoms with Crippen LogP contribution in [0.1, 0.15) is 5.56 Å². The molecule has 0 spiro atoms. The molecule has 1 aromatic heterocycles.